The van der Waals surface area contributed by atoms with Crippen LogP contribution in [0, 0.1) is 33.6 Å². The fourth-order valence-electron chi connectivity index (χ4n) is 15.5. The summed E-state index contributed by atoms with van der Waals surface area (Å²) in [4.78, 5) is 102. The number of carbonyl (C=O) groups excluding carboxylic acids is 6. The lowest BCUT2D eigenvalue weighted by Crippen LogP contribution is -2.56. The molecule has 18 nitrogen and oxygen atoms in total. The number of amides is 4. The van der Waals surface area contributed by atoms with Gasteiger partial charge >= 0.3 is 31.0 Å². The molecular weight excluding hydrogens is 1550 g/mol. The van der Waals surface area contributed by atoms with Gasteiger partial charge in [0, 0.05) is 72.5 Å². The van der Waals surface area contributed by atoms with Crippen LogP contribution in [0.5, 0.6) is 0 Å². The van der Waals surface area contributed by atoms with E-state index in [1.807, 2.05) is 239 Å². The normalized spacial score (nSPS) is 15.6. The summed E-state index contributed by atoms with van der Waals surface area (Å²) in [6.07, 6.45) is 7.71. The Bertz CT molecular complexity index is 5080. The van der Waals surface area contributed by atoms with E-state index < -0.39 is 34.1 Å². The zero-order valence-corrected chi connectivity index (χ0v) is 73.1. The number of rotatable bonds is 19. The Hall–Kier alpha value is -10.8. The summed E-state index contributed by atoms with van der Waals surface area (Å²) in [5.41, 5.74) is 15.5. The molecule has 8 aromatic carbocycles. The molecule has 1 aliphatic heterocycles. The lowest BCUT2D eigenvalue weighted by atomic mass is 9.88. The van der Waals surface area contributed by atoms with Crippen molar-refractivity contribution in [1.82, 2.24) is 21.3 Å². The van der Waals surface area contributed by atoms with E-state index in [0.717, 1.165) is 101 Å². The first-order valence-corrected chi connectivity index (χ1v) is 41.2. The molecule has 4 amide bonds. The monoisotopic (exact) mass is 1660 g/mol. The predicted molar refractivity (Wildman–Crippen MR) is 470 cm³/mol. The number of allylic oxidation sites excluding steroid dienone is 3. The topological polar surface area (TPSA) is 262 Å². The summed E-state index contributed by atoms with van der Waals surface area (Å²) in [6, 6.07) is 53.6. The molecule has 0 bridgehead atoms. The second-order valence-corrected chi connectivity index (χ2v) is 34.8. The highest BCUT2D eigenvalue weighted by Crippen LogP contribution is 2.39. The number of esters is 2. The van der Waals surface area contributed by atoms with Crippen molar-refractivity contribution in [3.63, 3.8) is 0 Å². The number of aryl methyl sites for hydroxylation is 4. The summed E-state index contributed by atoms with van der Waals surface area (Å²) in [6.45, 7) is 36.5. The second-order valence-electron chi connectivity index (χ2n) is 33.9. The van der Waals surface area contributed by atoms with Crippen molar-refractivity contribution in [2.45, 2.75) is 216 Å². The molecule has 0 aromatic heterocycles. The van der Waals surface area contributed by atoms with Crippen LogP contribution in [-0.2, 0) is 95.7 Å². The molecule has 1 fully saturated rings. The van der Waals surface area contributed by atoms with E-state index in [2.05, 4.69) is 78.7 Å². The number of carboxylic acid groups (broad SMARTS) is 2. The average Bonchev–Trinajstić information content (AvgIpc) is 1.65. The van der Waals surface area contributed by atoms with Crippen molar-refractivity contribution in [2.24, 2.45) is 5.92 Å². The first-order valence-electron chi connectivity index (χ1n) is 40.4. The summed E-state index contributed by atoms with van der Waals surface area (Å²) in [5.74, 6) is -1.54. The van der Waals surface area contributed by atoms with Gasteiger partial charge in [0.25, 0.3) is 23.6 Å². The van der Waals surface area contributed by atoms with Gasteiger partial charge in [-0.3, -0.25) is 19.2 Å². The third kappa shape index (κ3) is 22.3. The molecular formula is C98H114BBrN4O14. The first-order chi connectivity index (χ1) is 55.6. The van der Waals surface area contributed by atoms with E-state index in [9.17, 15) is 48.6 Å². The van der Waals surface area contributed by atoms with Crippen molar-refractivity contribution in [3.05, 3.63) is 303 Å². The molecule has 8 aromatic rings. The number of halogens is 1. The van der Waals surface area contributed by atoms with E-state index in [0.29, 0.717) is 84.0 Å². The van der Waals surface area contributed by atoms with Gasteiger partial charge in [-0.1, -0.05) is 205 Å². The third-order valence-corrected chi connectivity index (χ3v) is 22.7. The highest BCUT2D eigenvalue weighted by Gasteiger charge is 2.52. The van der Waals surface area contributed by atoms with Gasteiger partial charge < -0.3 is 50.3 Å². The molecule has 1 heterocycles. The van der Waals surface area contributed by atoms with Crippen molar-refractivity contribution < 1.29 is 67.4 Å². The van der Waals surface area contributed by atoms with E-state index in [1.165, 1.54) is 5.57 Å². The molecule has 118 heavy (non-hydrogen) atoms. The average molecular weight is 1660 g/mol. The number of ether oxygens (including phenoxy) is 2. The maximum absolute atomic E-state index is 13.2. The number of carboxylic acids is 2. The van der Waals surface area contributed by atoms with Gasteiger partial charge in [0.2, 0.25) is 0 Å². The van der Waals surface area contributed by atoms with Crippen LogP contribution >= 0.6 is 15.9 Å². The zero-order valence-electron chi connectivity index (χ0n) is 71.5. The molecule has 6 N–H and O–H groups in total. The largest absolute Gasteiger partial charge is 0.487 e. The number of carbonyl (C=O) groups is 8. The van der Waals surface area contributed by atoms with Crippen molar-refractivity contribution in [2.75, 3.05) is 13.2 Å². The van der Waals surface area contributed by atoms with Gasteiger partial charge in [0.05, 0.1) is 30.0 Å². The quantitative estimate of drug-likeness (QED) is 0.0325. The highest BCUT2D eigenvalue weighted by atomic mass is 79.9. The van der Waals surface area contributed by atoms with Crippen molar-refractivity contribution >= 4 is 82.7 Å². The summed E-state index contributed by atoms with van der Waals surface area (Å²) >= 11 is 3.43. The minimum absolute atomic E-state index is 0.185. The van der Waals surface area contributed by atoms with E-state index in [1.54, 1.807) is 32.0 Å². The van der Waals surface area contributed by atoms with Gasteiger partial charge in [-0.05, 0) is 236 Å². The number of aliphatic carboxylic acids is 2. The molecule has 20 heteroatoms. The van der Waals surface area contributed by atoms with Crippen molar-refractivity contribution in [1.29, 1.82) is 0 Å². The van der Waals surface area contributed by atoms with Crippen LogP contribution < -0.4 is 21.3 Å². The number of hydrogen-bond acceptors (Lipinski definition) is 12. The molecule has 1 saturated heterocycles. The highest BCUT2D eigenvalue weighted by molar-refractivity contribution is 9.10. The number of fused-ring (bicyclic) bond motifs is 4. The third-order valence-electron chi connectivity index (χ3n) is 22.0. The first kappa shape index (κ1) is 91.1. The van der Waals surface area contributed by atoms with Crippen LogP contribution in [0.3, 0.4) is 0 Å². The maximum atomic E-state index is 13.2. The second kappa shape index (κ2) is 38.7. The predicted octanol–water partition coefficient (Wildman–Crippen LogP) is 17.7. The SMILES string of the molecule is CC(C)=CB1OC(C)(C)C(C)(C)O1.CC(C)=Cc1cc(C)ccc1C(=O)NC1(C(=O)O)Cc2ccccc2C1.CCOC(=O)C1(NC(=O)c2ccc(C)cc2Br)Cc2ccccc2C1.CCOC(=O)C1(NC(=O)c2ccc(C)cc2C=C(C)C)Cc2ccccc2C1.Cc1ccc(C(=O)NC2(C(=O)O)Cc3ccccc3C2)c(CC(C)C)c1. The Morgan fingerprint density at radius 1 is 0.415 bits per heavy atom. The molecule has 13 rings (SSSR count). The van der Waals surface area contributed by atoms with Gasteiger partial charge in [-0.15, -0.1) is 0 Å². The zero-order chi connectivity index (χ0) is 86.4. The van der Waals surface area contributed by atoms with E-state index >= 15 is 0 Å². The molecule has 0 radical (unpaired) electrons. The Morgan fingerprint density at radius 3 is 0.992 bits per heavy atom. The molecule has 620 valence electrons. The minimum Gasteiger partial charge on any atom is -0.479 e. The molecule has 5 aliphatic rings. The Balaban J connectivity index is 0.000000171. The van der Waals surface area contributed by atoms with Crippen LogP contribution in [-0.4, -0.2) is 111 Å². The van der Waals surface area contributed by atoms with Gasteiger partial charge in [-0.2, -0.15) is 0 Å². The molecule has 4 aliphatic carbocycles. The number of benzene rings is 8. The minimum atomic E-state index is -1.30. The van der Waals surface area contributed by atoms with Gasteiger partial charge in [0.1, 0.15) is 22.2 Å². The van der Waals surface area contributed by atoms with E-state index in [4.69, 9.17) is 18.8 Å². The smallest absolute Gasteiger partial charge is 0.479 e. The van der Waals surface area contributed by atoms with Gasteiger partial charge in [-0.25, -0.2) is 19.2 Å². The molecule has 0 spiro atoms. The fraction of sp³-hybridized carbons (Fsp3) is 0.367. The fourth-order valence-corrected chi connectivity index (χ4v) is 16.2. The molecule has 0 saturated carbocycles. The van der Waals surface area contributed by atoms with Gasteiger partial charge in [0.15, 0.2) is 0 Å². The molecule has 0 atom stereocenters. The lowest BCUT2D eigenvalue weighted by Gasteiger charge is -2.32. The van der Waals surface area contributed by atoms with Crippen LogP contribution in [0.25, 0.3) is 12.2 Å². The van der Waals surface area contributed by atoms with Crippen LogP contribution in [0.2, 0.25) is 0 Å². The maximum Gasteiger partial charge on any atom is 0.487 e. The van der Waals surface area contributed by atoms with E-state index in [-0.39, 0.29) is 67.1 Å². The standard InChI is InChI=1S/C24H27NO3.C22H25NO3.C22H23NO3.C20H20BrNO3.C10H19BO2/c1-5-28-23(27)24(14-18-8-6-7-9-19(18)15-24)25-22(26)21-11-10-17(4)13-20(21)12-16(2)3;2*1-14(2)10-18-11-15(3)8-9-19(18)20(24)23-22(21(25)26)12-16-6-4-5-7-17(16)13-22;1-3-25-19(24)20(11-14-6-4-5-7-15(14)12-20)22-18(23)16-9-8-13(2)10-17(16)21;1-8(2)7-11-12-9(3,4)10(5,6)13-11/h6-13H,5,14-15H2,1-4H3,(H,25,26);4-9,11,14H,10,12-13H2,1-3H3,(H,23,24)(H,25,26);4-11H,12-13H2,1-3H3,(H,23,24)(H,25,26);4-10H,3,11-12H2,1-2H3,(H,22,23);7H,1-6H3. The summed E-state index contributed by atoms with van der Waals surface area (Å²) in [7, 11) is -0.185. The van der Waals surface area contributed by atoms with Crippen molar-refractivity contribution in [3.8, 4) is 0 Å². The Morgan fingerprint density at radius 2 is 0.695 bits per heavy atom. The Kier molecular flexibility index (Phi) is 29.9. The molecule has 0 unspecified atom stereocenters. The Labute approximate surface area is 704 Å². The summed E-state index contributed by atoms with van der Waals surface area (Å²) < 4.78 is 22.9. The van der Waals surface area contributed by atoms with Crippen LogP contribution in [0.15, 0.2) is 197 Å². The lowest BCUT2D eigenvalue weighted by molar-refractivity contribution is -0.151. The number of nitrogens with one attached hydrogen (secondary N) is 4. The summed E-state index contributed by atoms with van der Waals surface area (Å²) in [5, 5.41) is 31.4. The van der Waals surface area contributed by atoms with Crippen LogP contribution in [0.4, 0.5) is 0 Å². The van der Waals surface area contributed by atoms with Crippen LogP contribution in [0.1, 0.15) is 222 Å². The number of hydrogen-bond donors (Lipinski definition) is 6.